The Morgan fingerprint density at radius 3 is 2.60 bits per heavy atom. The molecule has 2 rings (SSSR count). The van der Waals surface area contributed by atoms with Crippen LogP contribution < -0.4 is 11.1 Å². The van der Waals surface area contributed by atoms with Crippen molar-refractivity contribution in [2.45, 2.75) is 44.1 Å². The Bertz CT molecular complexity index is 486. The first kappa shape index (κ1) is 14.4. The first-order chi connectivity index (χ1) is 9.52. The van der Waals surface area contributed by atoms with E-state index in [0.717, 1.165) is 25.7 Å². The molecule has 8 nitrogen and oxygen atoms in total. The molecule has 1 aliphatic rings. The van der Waals surface area contributed by atoms with Gasteiger partial charge in [0.05, 0.1) is 10.5 Å². The lowest BCUT2D eigenvalue weighted by Gasteiger charge is -2.26. The van der Waals surface area contributed by atoms with E-state index in [-0.39, 0.29) is 23.9 Å². The number of nitrogens with zero attached hydrogens (tertiary/aromatic N) is 3. The summed E-state index contributed by atoms with van der Waals surface area (Å²) in [5, 5.41) is 24.3. The van der Waals surface area contributed by atoms with Gasteiger partial charge in [-0.3, -0.25) is 10.1 Å². The monoisotopic (exact) mass is 281 g/mol. The van der Waals surface area contributed by atoms with Crippen LogP contribution >= 0.6 is 0 Å². The highest BCUT2D eigenvalue weighted by Crippen LogP contribution is 2.30. The number of aromatic nitrogens is 2. The largest absolute Gasteiger partial charge is 0.388 e. The predicted molar refractivity (Wildman–Crippen MR) is 74.2 cm³/mol. The molecule has 8 heteroatoms. The fraction of sp³-hybridized carbons (Fsp3) is 0.667. The van der Waals surface area contributed by atoms with Crippen molar-refractivity contribution in [1.82, 2.24) is 9.97 Å². The van der Waals surface area contributed by atoms with Gasteiger partial charge in [-0.25, -0.2) is 9.97 Å². The Morgan fingerprint density at radius 1 is 1.35 bits per heavy atom. The van der Waals surface area contributed by atoms with Crippen molar-refractivity contribution in [1.29, 1.82) is 0 Å². The second-order valence-corrected chi connectivity index (χ2v) is 5.21. The smallest absolute Gasteiger partial charge is 0.352 e. The molecule has 0 spiro atoms. The SMILES string of the molecule is Nc1ncnc(NCC2(O)CCCCCC2)c1[N+](=O)[O-]. The van der Waals surface area contributed by atoms with Crippen molar-refractivity contribution in [3.63, 3.8) is 0 Å². The van der Waals surface area contributed by atoms with Crippen molar-refractivity contribution in [3.05, 3.63) is 16.4 Å². The summed E-state index contributed by atoms with van der Waals surface area (Å²) < 4.78 is 0. The standard InChI is InChI=1S/C12H19N5O3/c13-10-9(17(19)20)11(16-8-15-10)14-7-12(18)5-3-1-2-4-6-12/h8,18H,1-7H2,(H3,13,14,15,16). The van der Waals surface area contributed by atoms with Crippen LogP contribution in [0.15, 0.2) is 6.33 Å². The van der Waals surface area contributed by atoms with E-state index in [4.69, 9.17) is 5.73 Å². The van der Waals surface area contributed by atoms with Crippen LogP contribution in [0.3, 0.4) is 0 Å². The Morgan fingerprint density at radius 2 is 2.00 bits per heavy atom. The van der Waals surface area contributed by atoms with Crippen LogP contribution in [0.2, 0.25) is 0 Å². The first-order valence-corrected chi connectivity index (χ1v) is 6.73. The molecule has 1 aliphatic carbocycles. The van der Waals surface area contributed by atoms with E-state index < -0.39 is 10.5 Å². The lowest BCUT2D eigenvalue weighted by molar-refractivity contribution is -0.383. The molecule has 20 heavy (non-hydrogen) atoms. The number of anilines is 2. The van der Waals surface area contributed by atoms with E-state index in [9.17, 15) is 15.2 Å². The third kappa shape index (κ3) is 3.32. The van der Waals surface area contributed by atoms with Crippen molar-refractivity contribution in [3.8, 4) is 0 Å². The second kappa shape index (κ2) is 6.00. The Kier molecular flexibility index (Phi) is 4.33. The summed E-state index contributed by atoms with van der Waals surface area (Å²) in [5.74, 6) is -0.125. The van der Waals surface area contributed by atoms with Crippen molar-refractivity contribution >= 4 is 17.3 Å². The molecule has 1 aromatic heterocycles. The molecule has 0 radical (unpaired) electrons. The maximum Gasteiger partial charge on any atom is 0.352 e. The lowest BCUT2D eigenvalue weighted by Crippen LogP contribution is -2.36. The molecular weight excluding hydrogens is 262 g/mol. The van der Waals surface area contributed by atoms with Crippen LogP contribution in [0.1, 0.15) is 38.5 Å². The van der Waals surface area contributed by atoms with Gasteiger partial charge in [-0.05, 0) is 12.8 Å². The summed E-state index contributed by atoms with van der Waals surface area (Å²) in [6, 6.07) is 0. The van der Waals surface area contributed by atoms with E-state index in [2.05, 4.69) is 15.3 Å². The van der Waals surface area contributed by atoms with Gasteiger partial charge in [0, 0.05) is 6.54 Å². The van der Waals surface area contributed by atoms with E-state index >= 15 is 0 Å². The Balaban J connectivity index is 2.10. The molecule has 1 heterocycles. The summed E-state index contributed by atoms with van der Waals surface area (Å²) in [5.41, 5.74) is 4.31. The van der Waals surface area contributed by atoms with Gasteiger partial charge in [0.2, 0.25) is 11.6 Å². The molecule has 0 amide bonds. The van der Waals surface area contributed by atoms with Crippen LogP contribution in [-0.2, 0) is 0 Å². The van der Waals surface area contributed by atoms with Gasteiger partial charge in [-0.15, -0.1) is 0 Å². The van der Waals surface area contributed by atoms with Gasteiger partial charge in [0.15, 0.2) is 0 Å². The molecule has 1 fully saturated rings. The van der Waals surface area contributed by atoms with Gasteiger partial charge >= 0.3 is 5.69 Å². The molecule has 4 N–H and O–H groups in total. The van der Waals surface area contributed by atoms with E-state index in [1.807, 2.05) is 0 Å². The zero-order valence-electron chi connectivity index (χ0n) is 11.2. The number of nitro groups is 1. The van der Waals surface area contributed by atoms with Crippen LogP contribution in [0.5, 0.6) is 0 Å². The maximum absolute atomic E-state index is 11.0. The molecule has 0 saturated heterocycles. The number of nitrogen functional groups attached to an aromatic ring is 1. The number of aliphatic hydroxyl groups is 1. The zero-order chi connectivity index (χ0) is 14.6. The van der Waals surface area contributed by atoms with Gasteiger partial charge < -0.3 is 16.2 Å². The third-order valence-electron chi connectivity index (χ3n) is 3.65. The fourth-order valence-electron chi connectivity index (χ4n) is 2.51. The lowest BCUT2D eigenvalue weighted by atomic mass is 9.94. The van der Waals surface area contributed by atoms with E-state index in [1.54, 1.807) is 0 Å². The van der Waals surface area contributed by atoms with E-state index in [0.29, 0.717) is 12.8 Å². The van der Waals surface area contributed by atoms with Gasteiger partial charge in [0.25, 0.3) is 0 Å². The third-order valence-corrected chi connectivity index (χ3v) is 3.65. The number of nitrogens with one attached hydrogen (secondary N) is 1. The van der Waals surface area contributed by atoms with Crippen molar-refractivity contribution in [2.24, 2.45) is 0 Å². The number of hydrogen-bond donors (Lipinski definition) is 3. The Hall–Kier alpha value is -1.96. The van der Waals surface area contributed by atoms with Crippen LogP contribution in [0.4, 0.5) is 17.3 Å². The number of rotatable bonds is 4. The predicted octanol–water partition coefficient (Wildman–Crippen LogP) is 1.46. The summed E-state index contributed by atoms with van der Waals surface area (Å²) in [6.45, 7) is 0.226. The molecule has 0 aliphatic heterocycles. The molecule has 0 aromatic carbocycles. The van der Waals surface area contributed by atoms with Crippen molar-refractivity contribution < 1.29 is 10.0 Å². The van der Waals surface area contributed by atoms with Gasteiger partial charge in [-0.2, -0.15) is 0 Å². The van der Waals surface area contributed by atoms with Crippen LogP contribution in [0.25, 0.3) is 0 Å². The minimum absolute atomic E-state index is 0.0557. The summed E-state index contributed by atoms with van der Waals surface area (Å²) >= 11 is 0. The average molecular weight is 281 g/mol. The molecule has 0 atom stereocenters. The van der Waals surface area contributed by atoms with Gasteiger partial charge in [0.1, 0.15) is 6.33 Å². The highest BCUT2D eigenvalue weighted by atomic mass is 16.6. The minimum Gasteiger partial charge on any atom is -0.388 e. The van der Waals surface area contributed by atoms with Crippen molar-refractivity contribution in [2.75, 3.05) is 17.6 Å². The highest BCUT2D eigenvalue weighted by Gasteiger charge is 2.29. The second-order valence-electron chi connectivity index (χ2n) is 5.21. The molecule has 0 bridgehead atoms. The number of nitrogens with two attached hydrogens (primary N) is 1. The quantitative estimate of drug-likeness (QED) is 0.433. The highest BCUT2D eigenvalue weighted by molar-refractivity contribution is 5.67. The topological polar surface area (TPSA) is 127 Å². The summed E-state index contributed by atoms with van der Waals surface area (Å²) in [6.07, 6.45) is 6.70. The maximum atomic E-state index is 11.0. The fourth-order valence-corrected chi connectivity index (χ4v) is 2.51. The van der Waals surface area contributed by atoms with Crippen LogP contribution in [-0.4, -0.2) is 32.1 Å². The first-order valence-electron chi connectivity index (χ1n) is 6.73. The average Bonchev–Trinajstić information content (AvgIpc) is 2.61. The molecule has 0 unspecified atom stereocenters. The zero-order valence-corrected chi connectivity index (χ0v) is 11.2. The number of hydrogen-bond acceptors (Lipinski definition) is 7. The molecular formula is C12H19N5O3. The normalized spacial score (nSPS) is 18.2. The molecule has 1 aromatic rings. The molecule has 1 saturated carbocycles. The van der Waals surface area contributed by atoms with E-state index in [1.165, 1.54) is 6.33 Å². The molecule has 110 valence electrons. The Labute approximate surface area is 116 Å². The van der Waals surface area contributed by atoms with Gasteiger partial charge in [-0.1, -0.05) is 25.7 Å². The summed E-state index contributed by atoms with van der Waals surface area (Å²) in [7, 11) is 0. The summed E-state index contributed by atoms with van der Waals surface area (Å²) in [4.78, 5) is 17.8. The van der Waals surface area contributed by atoms with Crippen LogP contribution in [0, 0.1) is 10.1 Å². The minimum atomic E-state index is -0.843.